The molecule has 3 heteroatoms. The maximum Gasteiger partial charge on any atom is 0.224 e. The largest absolute Gasteiger partial charge is 0.497 e. The quantitative estimate of drug-likeness (QED) is 0.906. The Morgan fingerprint density at radius 3 is 2.45 bits per heavy atom. The lowest BCUT2D eigenvalue weighted by molar-refractivity contribution is -0.120. The highest BCUT2D eigenvalue weighted by Gasteiger charge is 2.04. The summed E-state index contributed by atoms with van der Waals surface area (Å²) in [7, 11) is 1.63. The molecule has 0 aliphatic carbocycles. The molecule has 0 heterocycles. The summed E-state index contributed by atoms with van der Waals surface area (Å²) in [6, 6.07) is 15.6. The summed E-state index contributed by atoms with van der Waals surface area (Å²) in [6.45, 7) is 2.62. The normalized spacial score (nSPS) is 10.1. The first-order chi connectivity index (χ1) is 9.69. The number of ether oxygens (including phenoxy) is 1. The second kappa shape index (κ2) is 6.75. The minimum Gasteiger partial charge on any atom is -0.497 e. The molecule has 0 radical (unpaired) electrons. The molecule has 104 valence electrons. The number of carbonyl (C=O) groups is 1. The van der Waals surface area contributed by atoms with E-state index in [4.69, 9.17) is 4.74 Å². The Balaban J connectivity index is 1.87. The van der Waals surface area contributed by atoms with E-state index in [2.05, 4.69) is 5.32 Å². The number of hydrogen-bond acceptors (Lipinski definition) is 2. The van der Waals surface area contributed by atoms with Gasteiger partial charge in [-0.15, -0.1) is 0 Å². The van der Waals surface area contributed by atoms with E-state index >= 15 is 0 Å². The van der Waals surface area contributed by atoms with E-state index in [0.29, 0.717) is 13.0 Å². The van der Waals surface area contributed by atoms with E-state index in [1.807, 2.05) is 55.5 Å². The number of methoxy groups -OCH3 is 1. The zero-order valence-electron chi connectivity index (χ0n) is 11.8. The molecule has 0 atom stereocenters. The Morgan fingerprint density at radius 2 is 1.80 bits per heavy atom. The Hall–Kier alpha value is -2.29. The minimum absolute atomic E-state index is 0.0263. The molecular weight excluding hydrogens is 250 g/mol. The van der Waals surface area contributed by atoms with E-state index in [9.17, 15) is 4.79 Å². The summed E-state index contributed by atoms with van der Waals surface area (Å²) in [5.41, 5.74) is 3.32. The van der Waals surface area contributed by atoms with Crippen LogP contribution in [0.4, 0.5) is 0 Å². The van der Waals surface area contributed by atoms with Crippen LogP contribution in [-0.2, 0) is 17.8 Å². The van der Waals surface area contributed by atoms with Gasteiger partial charge in [0.2, 0.25) is 5.91 Å². The molecular formula is C17H19NO2. The number of hydrogen-bond donors (Lipinski definition) is 1. The van der Waals surface area contributed by atoms with Crippen molar-refractivity contribution >= 4 is 5.91 Å². The topological polar surface area (TPSA) is 38.3 Å². The van der Waals surface area contributed by atoms with Crippen LogP contribution in [0.15, 0.2) is 48.5 Å². The highest BCUT2D eigenvalue weighted by molar-refractivity contribution is 5.78. The average molecular weight is 269 g/mol. The minimum atomic E-state index is 0.0263. The molecule has 0 spiro atoms. The lowest BCUT2D eigenvalue weighted by atomic mass is 10.1. The number of amides is 1. The molecule has 0 fully saturated rings. The van der Waals surface area contributed by atoms with Gasteiger partial charge in [-0.3, -0.25) is 4.79 Å². The molecule has 1 amide bonds. The van der Waals surface area contributed by atoms with Crippen molar-refractivity contribution in [2.75, 3.05) is 7.11 Å². The Bertz CT molecular complexity index is 576. The Labute approximate surface area is 119 Å². The third-order valence-electron chi connectivity index (χ3n) is 3.26. The average Bonchev–Trinajstić information content (AvgIpc) is 2.47. The van der Waals surface area contributed by atoms with Crippen LogP contribution >= 0.6 is 0 Å². The molecule has 2 aromatic rings. The predicted molar refractivity (Wildman–Crippen MR) is 79.7 cm³/mol. The standard InChI is InChI=1S/C17H19NO2/c1-13-5-3-4-6-15(13)12-18-17(19)11-14-7-9-16(20-2)10-8-14/h3-10H,11-12H2,1-2H3,(H,18,19). The van der Waals surface area contributed by atoms with Crippen molar-refractivity contribution in [1.29, 1.82) is 0 Å². The molecule has 2 aromatic carbocycles. The fraction of sp³-hybridized carbons (Fsp3) is 0.235. The van der Waals surface area contributed by atoms with Crippen LogP contribution in [0.1, 0.15) is 16.7 Å². The molecule has 0 bridgehead atoms. The van der Waals surface area contributed by atoms with Crippen molar-refractivity contribution in [2.24, 2.45) is 0 Å². The van der Waals surface area contributed by atoms with E-state index in [1.54, 1.807) is 7.11 Å². The number of aryl methyl sites for hydroxylation is 1. The molecule has 0 aromatic heterocycles. The van der Waals surface area contributed by atoms with Crippen LogP contribution in [0.25, 0.3) is 0 Å². The molecule has 0 saturated carbocycles. The van der Waals surface area contributed by atoms with E-state index < -0.39 is 0 Å². The molecule has 1 N–H and O–H groups in total. The molecule has 2 rings (SSSR count). The van der Waals surface area contributed by atoms with Gasteiger partial charge in [0.05, 0.1) is 13.5 Å². The maximum atomic E-state index is 11.9. The second-order valence-electron chi connectivity index (χ2n) is 4.73. The number of nitrogens with one attached hydrogen (secondary N) is 1. The monoisotopic (exact) mass is 269 g/mol. The maximum absolute atomic E-state index is 11.9. The van der Waals surface area contributed by atoms with Crippen LogP contribution in [0.3, 0.4) is 0 Å². The number of rotatable bonds is 5. The summed E-state index contributed by atoms with van der Waals surface area (Å²) in [4.78, 5) is 11.9. The fourth-order valence-corrected chi connectivity index (χ4v) is 1.99. The Morgan fingerprint density at radius 1 is 1.10 bits per heavy atom. The van der Waals surface area contributed by atoms with E-state index in [1.165, 1.54) is 5.56 Å². The lowest BCUT2D eigenvalue weighted by Crippen LogP contribution is -2.24. The van der Waals surface area contributed by atoms with Gasteiger partial charge in [0, 0.05) is 6.54 Å². The SMILES string of the molecule is COc1ccc(CC(=O)NCc2ccccc2C)cc1. The van der Waals surface area contributed by atoms with Gasteiger partial charge < -0.3 is 10.1 Å². The number of benzene rings is 2. The summed E-state index contributed by atoms with van der Waals surface area (Å²) >= 11 is 0. The summed E-state index contributed by atoms with van der Waals surface area (Å²) in [5.74, 6) is 0.826. The first-order valence-corrected chi connectivity index (χ1v) is 6.63. The zero-order chi connectivity index (χ0) is 14.4. The predicted octanol–water partition coefficient (Wildman–Crippen LogP) is 2.86. The van der Waals surface area contributed by atoms with E-state index in [-0.39, 0.29) is 5.91 Å². The molecule has 20 heavy (non-hydrogen) atoms. The fourth-order valence-electron chi connectivity index (χ4n) is 1.99. The lowest BCUT2D eigenvalue weighted by Gasteiger charge is -2.08. The first-order valence-electron chi connectivity index (χ1n) is 6.63. The van der Waals surface area contributed by atoms with Gasteiger partial charge in [-0.1, -0.05) is 36.4 Å². The van der Waals surface area contributed by atoms with Gasteiger partial charge in [0.15, 0.2) is 0 Å². The van der Waals surface area contributed by atoms with Crippen LogP contribution in [0, 0.1) is 6.92 Å². The molecule has 0 aliphatic heterocycles. The van der Waals surface area contributed by atoms with Crippen LogP contribution < -0.4 is 10.1 Å². The van der Waals surface area contributed by atoms with Crippen LogP contribution in [0.5, 0.6) is 5.75 Å². The summed E-state index contributed by atoms with van der Waals surface area (Å²) in [5, 5.41) is 2.95. The van der Waals surface area contributed by atoms with Crippen molar-refractivity contribution in [3.63, 3.8) is 0 Å². The zero-order valence-corrected chi connectivity index (χ0v) is 11.8. The van der Waals surface area contributed by atoms with Crippen molar-refractivity contribution in [1.82, 2.24) is 5.32 Å². The van der Waals surface area contributed by atoms with Gasteiger partial charge in [0.1, 0.15) is 5.75 Å². The molecule has 0 saturated heterocycles. The van der Waals surface area contributed by atoms with Crippen molar-refractivity contribution in [3.8, 4) is 5.75 Å². The van der Waals surface area contributed by atoms with Gasteiger partial charge >= 0.3 is 0 Å². The molecule has 3 nitrogen and oxygen atoms in total. The van der Waals surface area contributed by atoms with Gasteiger partial charge in [-0.2, -0.15) is 0 Å². The highest BCUT2D eigenvalue weighted by Crippen LogP contribution is 2.12. The molecule has 0 unspecified atom stereocenters. The molecule has 0 aliphatic rings. The van der Waals surface area contributed by atoms with Gasteiger partial charge in [-0.25, -0.2) is 0 Å². The first kappa shape index (κ1) is 14.1. The highest BCUT2D eigenvalue weighted by atomic mass is 16.5. The second-order valence-corrected chi connectivity index (χ2v) is 4.73. The van der Waals surface area contributed by atoms with Gasteiger partial charge in [-0.05, 0) is 35.7 Å². The number of carbonyl (C=O) groups excluding carboxylic acids is 1. The van der Waals surface area contributed by atoms with Gasteiger partial charge in [0.25, 0.3) is 0 Å². The van der Waals surface area contributed by atoms with Crippen molar-refractivity contribution < 1.29 is 9.53 Å². The van der Waals surface area contributed by atoms with Crippen LogP contribution in [-0.4, -0.2) is 13.0 Å². The third-order valence-corrected chi connectivity index (χ3v) is 3.26. The van der Waals surface area contributed by atoms with Crippen LogP contribution in [0.2, 0.25) is 0 Å². The third kappa shape index (κ3) is 3.85. The smallest absolute Gasteiger partial charge is 0.224 e. The summed E-state index contributed by atoms with van der Waals surface area (Å²) in [6.07, 6.45) is 0.385. The van der Waals surface area contributed by atoms with Crippen molar-refractivity contribution in [2.45, 2.75) is 19.9 Å². The Kier molecular flexibility index (Phi) is 4.77. The van der Waals surface area contributed by atoms with Crippen molar-refractivity contribution in [3.05, 3.63) is 65.2 Å². The summed E-state index contributed by atoms with van der Waals surface area (Å²) < 4.78 is 5.09. The van der Waals surface area contributed by atoms with E-state index in [0.717, 1.165) is 16.9 Å².